The first-order valence-corrected chi connectivity index (χ1v) is 9.11. The fourth-order valence-electron chi connectivity index (χ4n) is 3.60. The van der Waals surface area contributed by atoms with Gasteiger partial charge in [0, 0.05) is 0 Å². The third-order valence-electron chi connectivity index (χ3n) is 4.94. The fraction of sp³-hybridized carbons (Fsp3) is 1.00. The molecule has 1 rings (SSSR count). The highest BCUT2D eigenvalue weighted by Crippen LogP contribution is 2.40. The number of hydrogen-bond donors (Lipinski definition) is 2. The highest BCUT2D eigenvalue weighted by molar-refractivity contribution is 4.93. The normalized spacial score (nSPS) is 29.1. The molecule has 0 aliphatic carbocycles. The molecule has 1 aliphatic heterocycles. The average molecular weight is 300 g/mol. The molecule has 1 heterocycles. The van der Waals surface area contributed by atoms with Crippen LogP contribution in [0, 0.1) is 5.92 Å². The zero-order valence-electron chi connectivity index (χ0n) is 14.1. The number of rotatable bonds is 12. The molecule has 3 heteroatoms. The van der Waals surface area contributed by atoms with Crippen LogP contribution in [-0.4, -0.2) is 35.1 Å². The Labute approximate surface area is 131 Å². The molecule has 21 heavy (non-hydrogen) atoms. The lowest BCUT2D eigenvalue weighted by atomic mass is 9.85. The van der Waals surface area contributed by atoms with E-state index in [2.05, 4.69) is 13.8 Å². The van der Waals surface area contributed by atoms with E-state index in [1.54, 1.807) is 0 Å². The van der Waals surface area contributed by atoms with Crippen LogP contribution in [0.3, 0.4) is 0 Å². The van der Waals surface area contributed by atoms with Crippen LogP contribution in [-0.2, 0) is 4.74 Å². The maximum Gasteiger partial charge on any atom is 0.0920 e. The molecular formula is C18H36O3. The van der Waals surface area contributed by atoms with Crippen LogP contribution in [0.4, 0.5) is 0 Å². The summed E-state index contributed by atoms with van der Waals surface area (Å²) in [6, 6.07) is 0. The van der Waals surface area contributed by atoms with Crippen LogP contribution in [0.5, 0.6) is 0 Å². The van der Waals surface area contributed by atoms with Gasteiger partial charge in [-0.15, -0.1) is 0 Å². The van der Waals surface area contributed by atoms with Crippen molar-refractivity contribution in [3.8, 4) is 0 Å². The molecule has 0 amide bonds. The van der Waals surface area contributed by atoms with Gasteiger partial charge in [0.1, 0.15) is 0 Å². The molecular weight excluding hydrogens is 264 g/mol. The second-order valence-corrected chi connectivity index (χ2v) is 6.80. The van der Waals surface area contributed by atoms with E-state index in [9.17, 15) is 10.2 Å². The lowest BCUT2D eigenvalue weighted by molar-refractivity contribution is -0.0945. The number of aliphatic hydroxyl groups is 2. The van der Waals surface area contributed by atoms with E-state index >= 15 is 0 Å². The van der Waals surface area contributed by atoms with Gasteiger partial charge in [0.15, 0.2) is 0 Å². The second-order valence-electron chi connectivity index (χ2n) is 6.80. The lowest BCUT2D eigenvalue weighted by Crippen LogP contribution is -2.34. The summed E-state index contributed by atoms with van der Waals surface area (Å²) >= 11 is 0. The predicted octanol–water partition coefficient (Wildman–Crippen LogP) is 4.06. The van der Waals surface area contributed by atoms with Crippen molar-refractivity contribution >= 4 is 0 Å². The van der Waals surface area contributed by atoms with Crippen molar-refractivity contribution in [2.45, 2.75) is 96.2 Å². The molecule has 0 aromatic heterocycles. The first-order valence-electron chi connectivity index (χ1n) is 9.11. The van der Waals surface area contributed by atoms with Gasteiger partial charge in [-0.3, -0.25) is 0 Å². The summed E-state index contributed by atoms with van der Waals surface area (Å²) in [7, 11) is 0. The third kappa shape index (κ3) is 6.25. The van der Waals surface area contributed by atoms with E-state index in [4.69, 9.17) is 4.74 Å². The maximum absolute atomic E-state index is 9.81. The quantitative estimate of drug-likeness (QED) is 0.534. The van der Waals surface area contributed by atoms with Crippen molar-refractivity contribution < 1.29 is 14.9 Å². The van der Waals surface area contributed by atoms with Crippen LogP contribution in [0.2, 0.25) is 0 Å². The van der Waals surface area contributed by atoms with Gasteiger partial charge in [-0.2, -0.15) is 0 Å². The zero-order valence-corrected chi connectivity index (χ0v) is 14.1. The Kier molecular flexibility index (Phi) is 9.54. The summed E-state index contributed by atoms with van der Waals surface area (Å²) in [5.74, 6) is 0.421. The Morgan fingerprint density at radius 3 is 2.19 bits per heavy atom. The summed E-state index contributed by atoms with van der Waals surface area (Å²) in [5, 5.41) is 19.4. The van der Waals surface area contributed by atoms with E-state index in [-0.39, 0.29) is 24.9 Å². The van der Waals surface area contributed by atoms with E-state index in [0.717, 1.165) is 25.7 Å². The average Bonchev–Trinajstić information content (AvgIpc) is 2.87. The molecule has 2 N–H and O–H groups in total. The first-order chi connectivity index (χ1) is 10.2. The monoisotopic (exact) mass is 300 g/mol. The van der Waals surface area contributed by atoms with Crippen LogP contribution in [0.15, 0.2) is 0 Å². The van der Waals surface area contributed by atoms with Gasteiger partial charge in [-0.1, -0.05) is 65.2 Å². The van der Waals surface area contributed by atoms with Gasteiger partial charge >= 0.3 is 0 Å². The van der Waals surface area contributed by atoms with E-state index in [1.165, 1.54) is 44.9 Å². The highest BCUT2D eigenvalue weighted by Gasteiger charge is 2.44. The molecule has 0 saturated carbocycles. The molecule has 3 atom stereocenters. The van der Waals surface area contributed by atoms with Crippen molar-refractivity contribution in [2.24, 2.45) is 5.92 Å². The molecule has 0 aromatic carbocycles. The Morgan fingerprint density at radius 2 is 1.62 bits per heavy atom. The molecule has 0 bridgehead atoms. The van der Waals surface area contributed by atoms with Crippen molar-refractivity contribution in [1.82, 2.24) is 0 Å². The summed E-state index contributed by atoms with van der Waals surface area (Å²) in [6.07, 6.45) is 12.8. The van der Waals surface area contributed by atoms with Gasteiger partial charge in [-0.05, 0) is 25.2 Å². The van der Waals surface area contributed by atoms with Crippen molar-refractivity contribution in [2.75, 3.05) is 13.2 Å². The first kappa shape index (κ1) is 18.9. The van der Waals surface area contributed by atoms with Gasteiger partial charge in [0.05, 0.1) is 24.9 Å². The molecule has 3 nitrogen and oxygen atoms in total. The lowest BCUT2D eigenvalue weighted by Gasteiger charge is -2.27. The van der Waals surface area contributed by atoms with Crippen molar-refractivity contribution in [3.63, 3.8) is 0 Å². The van der Waals surface area contributed by atoms with Crippen LogP contribution < -0.4 is 0 Å². The molecule has 0 aromatic rings. The molecule has 1 saturated heterocycles. The van der Waals surface area contributed by atoms with Gasteiger partial charge in [0.25, 0.3) is 0 Å². The van der Waals surface area contributed by atoms with Gasteiger partial charge in [-0.25, -0.2) is 0 Å². The Morgan fingerprint density at radius 1 is 0.952 bits per heavy atom. The largest absolute Gasteiger partial charge is 0.394 e. The SMILES string of the molecule is CCCCCCC1CC(CO)(CCCCCC)OC1CO. The minimum Gasteiger partial charge on any atom is -0.394 e. The summed E-state index contributed by atoms with van der Waals surface area (Å²) in [6.45, 7) is 4.63. The highest BCUT2D eigenvalue weighted by atomic mass is 16.5. The van der Waals surface area contributed by atoms with E-state index in [0.29, 0.717) is 5.92 Å². The Balaban J connectivity index is 2.43. The van der Waals surface area contributed by atoms with Crippen molar-refractivity contribution in [1.29, 1.82) is 0 Å². The molecule has 126 valence electrons. The second kappa shape index (κ2) is 10.6. The number of aliphatic hydroxyl groups excluding tert-OH is 2. The van der Waals surface area contributed by atoms with Crippen LogP contribution in [0.1, 0.15) is 84.5 Å². The van der Waals surface area contributed by atoms with E-state index in [1.807, 2.05) is 0 Å². The molecule has 1 aliphatic rings. The zero-order chi connectivity index (χ0) is 15.6. The van der Waals surface area contributed by atoms with Crippen LogP contribution >= 0.6 is 0 Å². The van der Waals surface area contributed by atoms with Crippen molar-refractivity contribution in [3.05, 3.63) is 0 Å². The smallest absolute Gasteiger partial charge is 0.0920 e. The number of hydrogen-bond acceptors (Lipinski definition) is 3. The van der Waals surface area contributed by atoms with Gasteiger partial charge < -0.3 is 14.9 Å². The summed E-state index contributed by atoms with van der Waals surface area (Å²) in [4.78, 5) is 0. The fourth-order valence-corrected chi connectivity index (χ4v) is 3.60. The Hall–Kier alpha value is -0.120. The maximum atomic E-state index is 9.81. The topological polar surface area (TPSA) is 49.7 Å². The third-order valence-corrected chi connectivity index (χ3v) is 4.94. The molecule has 3 unspecified atom stereocenters. The number of unbranched alkanes of at least 4 members (excludes halogenated alkanes) is 6. The molecule has 1 fully saturated rings. The number of ether oxygens (including phenoxy) is 1. The molecule has 0 radical (unpaired) electrons. The van der Waals surface area contributed by atoms with Gasteiger partial charge in [0.2, 0.25) is 0 Å². The standard InChI is InChI=1S/C18H36O3/c1-3-5-7-9-11-16-13-18(15-20,21-17(16)14-19)12-10-8-6-4-2/h16-17,19-20H,3-15H2,1-2H3. The van der Waals surface area contributed by atoms with Crippen LogP contribution in [0.25, 0.3) is 0 Å². The predicted molar refractivity (Wildman–Crippen MR) is 87.4 cm³/mol. The summed E-state index contributed by atoms with van der Waals surface area (Å²) in [5.41, 5.74) is -0.378. The minimum absolute atomic E-state index is 0.0649. The minimum atomic E-state index is -0.378. The summed E-state index contributed by atoms with van der Waals surface area (Å²) < 4.78 is 6.10. The molecule has 0 spiro atoms. The van der Waals surface area contributed by atoms with E-state index < -0.39 is 0 Å². The Bertz CT molecular complexity index is 257.